The van der Waals surface area contributed by atoms with Crippen molar-refractivity contribution in [2.75, 3.05) is 32.8 Å². The second-order valence-electron chi connectivity index (χ2n) is 5.32. The topological polar surface area (TPSA) is 59.6 Å². The Bertz CT molecular complexity index is 280. The van der Waals surface area contributed by atoms with Crippen LogP contribution in [0.4, 0.5) is 0 Å². The van der Waals surface area contributed by atoms with Crippen molar-refractivity contribution in [2.24, 2.45) is 5.92 Å². The lowest BCUT2D eigenvalue weighted by Crippen LogP contribution is -2.38. The molecule has 2 rings (SSSR count). The molecule has 5 heteroatoms. The summed E-state index contributed by atoms with van der Waals surface area (Å²) < 4.78 is 11.3. The van der Waals surface area contributed by atoms with Crippen LogP contribution >= 0.6 is 0 Å². The molecule has 0 spiro atoms. The Kier molecular flexibility index (Phi) is 6.07. The molecule has 0 bridgehead atoms. The summed E-state index contributed by atoms with van der Waals surface area (Å²) in [6, 6.07) is 0. The molecule has 2 atom stereocenters. The minimum Gasteiger partial charge on any atom is -0.377 e. The number of nitrogens with one attached hydrogen (secondary N) is 2. The molecule has 0 saturated carbocycles. The Balaban J connectivity index is 1.58. The van der Waals surface area contributed by atoms with Gasteiger partial charge in [0.05, 0.1) is 24.7 Å². The van der Waals surface area contributed by atoms with Crippen LogP contribution in [0.3, 0.4) is 0 Å². The van der Waals surface area contributed by atoms with Crippen molar-refractivity contribution < 1.29 is 14.3 Å². The molecule has 1 amide bonds. The molecule has 0 radical (unpaired) electrons. The summed E-state index contributed by atoms with van der Waals surface area (Å²) in [5.41, 5.74) is 0. The number of ether oxygens (including phenoxy) is 2. The standard InChI is InChI=1S/C14H26N2O3/c1-2-13-12(5-9-19-13)14(17)16-8-10-18-11-3-6-15-7-4-11/h11-13,15H,2-10H2,1H3,(H,16,17). The van der Waals surface area contributed by atoms with Crippen LogP contribution < -0.4 is 10.6 Å². The van der Waals surface area contributed by atoms with Gasteiger partial charge in [-0.2, -0.15) is 0 Å². The van der Waals surface area contributed by atoms with E-state index in [0.717, 1.165) is 38.8 Å². The van der Waals surface area contributed by atoms with E-state index < -0.39 is 0 Å². The van der Waals surface area contributed by atoms with Crippen LogP contribution in [0.1, 0.15) is 32.6 Å². The molecular formula is C14H26N2O3. The fourth-order valence-corrected chi connectivity index (χ4v) is 2.84. The van der Waals surface area contributed by atoms with E-state index in [1.807, 2.05) is 0 Å². The monoisotopic (exact) mass is 270 g/mol. The zero-order valence-corrected chi connectivity index (χ0v) is 11.8. The molecular weight excluding hydrogens is 244 g/mol. The molecule has 0 aromatic rings. The van der Waals surface area contributed by atoms with E-state index in [9.17, 15) is 4.79 Å². The number of amides is 1. The molecule has 0 aromatic carbocycles. The molecule has 19 heavy (non-hydrogen) atoms. The summed E-state index contributed by atoms with van der Waals surface area (Å²) in [6.45, 7) is 6.07. The van der Waals surface area contributed by atoms with Crippen molar-refractivity contribution in [1.29, 1.82) is 0 Å². The Morgan fingerprint density at radius 1 is 1.37 bits per heavy atom. The molecule has 0 aromatic heterocycles. The van der Waals surface area contributed by atoms with Crippen molar-refractivity contribution in [3.05, 3.63) is 0 Å². The first-order valence-electron chi connectivity index (χ1n) is 7.53. The molecule has 0 aliphatic carbocycles. The molecule has 2 N–H and O–H groups in total. The first-order chi connectivity index (χ1) is 9.31. The van der Waals surface area contributed by atoms with Gasteiger partial charge < -0.3 is 20.1 Å². The first-order valence-corrected chi connectivity index (χ1v) is 7.53. The van der Waals surface area contributed by atoms with Gasteiger partial charge in [-0.25, -0.2) is 0 Å². The Labute approximate surface area is 115 Å². The average molecular weight is 270 g/mol. The molecule has 5 nitrogen and oxygen atoms in total. The van der Waals surface area contributed by atoms with Gasteiger partial charge in [0.15, 0.2) is 0 Å². The molecule has 110 valence electrons. The average Bonchev–Trinajstić information content (AvgIpc) is 2.93. The van der Waals surface area contributed by atoms with Gasteiger partial charge in [-0.05, 0) is 38.8 Å². The van der Waals surface area contributed by atoms with E-state index >= 15 is 0 Å². The third-order valence-corrected chi connectivity index (χ3v) is 3.99. The zero-order chi connectivity index (χ0) is 13.5. The van der Waals surface area contributed by atoms with Crippen molar-refractivity contribution in [1.82, 2.24) is 10.6 Å². The Hall–Kier alpha value is -0.650. The maximum absolute atomic E-state index is 12.0. The van der Waals surface area contributed by atoms with Crippen molar-refractivity contribution in [3.63, 3.8) is 0 Å². The third kappa shape index (κ3) is 4.44. The summed E-state index contributed by atoms with van der Waals surface area (Å²) in [5.74, 6) is 0.155. The van der Waals surface area contributed by atoms with Crippen molar-refractivity contribution in [3.8, 4) is 0 Å². The normalized spacial score (nSPS) is 28.5. The van der Waals surface area contributed by atoms with Gasteiger partial charge >= 0.3 is 0 Å². The SMILES string of the molecule is CCC1OCCC1C(=O)NCCOC1CCNCC1. The summed E-state index contributed by atoms with van der Waals surface area (Å²) in [4.78, 5) is 12.0. The summed E-state index contributed by atoms with van der Waals surface area (Å²) in [7, 11) is 0. The number of hydrogen-bond donors (Lipinski definition) is 2. The smallest absolute Gasteiger partial charge is 0.225 e. The lowest BCUT2D eigenvalue weighted by Gasteiger charge is -2.23. The highest BCUT2D eigenvalue weighted by atomic mass is 16.5. The Morgan fingerprint density at radius 2 is 2.16 bits per heavy atom. The number of hydrogen-bond acceptors (Lipinski definition) is 4. The number of piperidine rings is 1. The van der Waals surface area contributed by atoms with E-state index in [0.29, 0.717) is 25.9 Å². The third-order valence-electron chi connectivity index (χ3n) is 3.99. The molecule has 2 aliphatic heterocycles. The van der Waals surface area contributed by atoms with Gasteiger partial charge in [0.2, 0.25) is 5.91 Å². The van der Waals surface area contributed by atoms with E-state index in [1.165, 1.54) is 0 Å². The summed E-state index contributed by atoms with van der Waals surface area (Å²) in [5, 5.41) is 6.28. The molecule has 2 saturated heterocycles. The van der Waals surface area contributed by atoms with Gasteiger partial charge in [-0.1, -0.05) is 6.92 Å². The second kappa shape index (κ2) is 7.82. The predicted molar refractivity (Wildman–Crippen MR) is 73.0 cm³/mol. The number of rotatable bonds is 6. The van der Waals surface area contributed by atoms with Crippen LogP contribution in [0.15, 0.2) is 0 Å². The van der Waals surface area contributed by atoms with Crippen molar-refractivity contribution >= 4 is 5.91 Å². The van der Waals surface area contributed by atoms with E-state index in [2.05, 4.69) is 17.6 Å². The maximum atomic E-state index is 12.0. The van der Waals surface area contributed by atoms with Crippen LogP contribution in [0, 0.1) is 5.92 Å². The second-order valence-corrected chi connectivity index (χ2v) is 5.32. The maximum Gasteiger partial charge on any atom is 0.225 e. The number of carbonyl (C=O) groups is 1. The van der Waals surface area contributed by atoms with Crippen LogP contribution in [0.2, 0.25) is 0 Å². The molecule has 2 fully saturated rings. The summed E-state index contributed by atoms with van der Waals surface area (Å²) in [6.07, 6.45) is 4.36. The summed E-state index contributed by atoms with van der Waals surface area (Å²) >= 11 is 0. The highest BCUT2D eigenvalue weighted by molar-refractivity contribution is 5.79. The largest absolute Gasteiger partial charge is 0.377 e. The lowest BCUT2D eigenvalue weighted by atomic mass is 9.99. The fourth-order valence-electron chi connectivity index (χ4n) is 2.84. The molecule has 2 heterocycles. The highest BCUT2D eigenvalue weighted by Gasteiger charge is 2.32. The predicted octanol–water partition coefficient (Wildman–Crippen LogP) is 0.686. The van der Waals surface area contributed by atoms with E-state index in [4.69, 9.17) is 9.47 Å². The number of carbonyl (C=O) groups excluding carboxylic acids is 1. The molecule has 2 unspecified atom stereocenters. The first kappa shape index (κ1) is 14.8. The highest BCUT2D eigenvalue weighted by Crippen LogP contribution is 2.23. The molecule has 2 aliphatic rings. The fraction of sp³-hybridized carbons (Fsp3) is 0.929. The zero-order valence-electron chi connectivity index (χ0n) is 11.8. The van der Waals surface area contributed by atoms with Gasteiger partial charge in [-0.3, -0.25) is 4.79 Å². The van der Waals surface area contributed by atoms with Crippen molar-refractivity contribution in [2.45, 2.75) is 44.8 Å². The van der Waals surface area contributed by atoms with Crippen LogP contribution in [-0.4, -0.2) is 51.0 Å². The minimum atomic E-state index is 0.0314. The Morgan fingerprint density at radius 3 is 2.89 bits per heavy atom. The van der Waals surface area contributed by atoms with Gasteiger partial charge in [0.1, 0.15) is 0 Å². The quantitative estimate of drug-likeness (QED) is 0.697. The van der Waals surface area contributed by atoms with Gasteiger partial charge in [-0.15, -0.1) is 0 Å². The minimum absolute atomic E-state index is 0.0314. The van der Waals surface area contributed by atoms with Crippen LogP contribution in [-0.2, 0) is 14.3 Å². The lowest BCUT2D eigenvalue weighted by molar-refractivity contribution is -0.127. The van der Waals surface area contributed by atoms with Gasteiger partial charge in [0.25, 0.3) is 0 Å². The van der Waals surface area contributed by atoms with E-state index in [1.54, 1.807) is 0 Å². The van der Waals surface area contributed by atoms with Gasteiger partial charge in [0, 0.05) is 13.2 Å². The van der Waals surface area contributed by atoms with E-state index in [-0.39, 0.29) is 17.9 Å². The van der Waals surface area contributed by atoms with Crippen LogP contribution in [0.5, 0.6) is 0 Å². The van der Waals surface area contributed by atoms with Crippen LogP contribution in [0.25, 0.3) is 0 Å².